The molecule has 3 rings (SSSR count). The van der Waals surface area contributed by atoms with Gasteiger partial charge in [0.15, 0.2) is 0 Å². The van der Waals surface area contributed by atoms with Crippen LogP contribution in [0.1, 0.15) is 45.1 Å². The Hall–Kier alpha value is -3.39. The van der Waals surface area contributed by atoms with Crippen molar-refractivity contribution in [1.82, 2.24) is 20.9 Å². The van der Waals surface area contributed by atoms with Crippen molar-refractivity contribution in [2.24, 2.45) is 4.99 Å². The number of nitrogens with zero attached hydrogens (tertiary/aromatic N) is 2. The van der Waals surface area contributed by atoms with E-state index in [4.69, 9.17) is 9.47 Å². The minimum absolute atomic E-state index is 0.119. The number of amides is 1. The van der Waals surface area contributed by atoms with Gasteiger partial charge in [0.25, 0.3) is 0 Å². The lowest BCUT2D eigenvalue weighted by Crippen LogP contribution is -2.39. The highest BCUT2D eigenvalue weighted by Crippen LogP contribution is 2.23. The van der Waals surface area contributed by atoms with Crippen LogP contribution < -0.4 is 20.7 Å². The number of methoxy groups -OCH3 is 1. The summed E-state index contributed by atoms with van der Waals surface area (Å²) in [6.07, 6.45) is 4.88. The molecule has 2 unspecified atom stereocenters. The van der Waals surface area contributed by atoms with Crippen molar-refractivity contribution in [2.75, 3.05) is 14.2 Å². The van der Waals surface area contributed by atoms with Gasteiger partial charge >= 0.3 is 6.09 Å². The summed E-state index contributed by atoms with van der Waals surface area (Å²) in [6.45, 7) is 4.39. The molecule has 1 aliphatic carbocycles. The number of hydrogen-bond donors (Lipinski definition) is 3. The van der Waals surface area contributed by atoms with Crippen LogP contribution in [0.15, 0.2) is 59.4 Å². The lowest BCUT2D eigenvalue weighted by Gasteiger charge is -2.29. The van der Waals surface area contributed by atoms with Crippen LogP contribution in [0.4, 0.5) is 4.79 Å². The molecule has 0 saturated heterocycles. The van der Waals surface area contributed by atoms with Gasteiger partial charge in [0.2, 0.25) is 5.88 Å². The molecule has 1 fully saturated rings. The lowest BCUT2D eigenvalue weighted by atomic mass is 9.92. The molecule has 1 aliphatic rings. The molecule has 0 radical (unpaired) electrons. The molecule has 1 amide bonds. The molecular weight excluding hydrogens is 430 g/mol. The van der Waals surface area contributed by atoms with Crippen LogP contribution in [0.2, 0.25) is 0 Å². The van der Waals surface area contributed by atoms with E-state index < -0.39 is 6.09 Å². The molecule has 2 atom stereocenters. The van der Waals surface area contributed by atoms with E-state index in [9.17, 15) is 4.79 Å². The Bertz CT molecular complexity index is 1020. The molecule has 1 saturated carbocycles. The number of allylic oxidation sites excluding steroid dienone is 1. The number of aromatic nitrogens is 1. The lowest BCUT2D eigenvalue weighted by molar-refractivity contribution is 0.0676. The molecule has 1 aromatic heterocycles. The summed E-state index contributed by atoms with van der Waals surface area (Å²) in [5.74, 6) is 1.78. The van der Waals surface area contributed by atoms with Crippen LogP contribution in [0.25, 0.3) is 11.3 Å². The highest BCUT2D eigenvalue weighted by Gasteiger charge is 2.25. The standard InChI is InChI=1S/C26H35N5O3/c1-5-24(29-18(2)27-3)31-26(32)34-22-12-7-11-21(16-22)28-17-19-9-6-10-20(15-19)23-13-8-14-25(30-23)33-4/h5-6,8-10,13-15,21-22,28H,7,11-12,16-17H2,1-4H3,(H,27,29)(H,31,32)/b24-5+. The smallest absolute Gasteiger partial charge is 0.413 e. The average molecular weight is 466 g/mol. The zero-order valence-electron chi connectivity index (χ0n) is 20.4. The first kappa shape index (κ1) is 25.2. The number of carbonyl (C=O) groups is 1. The van der Waals surface area contributed by atoms with E-state index in [1.165, 1.54) is 5.56 Å². The van der Waals surface area contributed by atoms with E-state index in [-0.39, 0.29) is 12.1 Å². The highest BCUT2D eigenvalue weighted by atomic mass is 16.6. The van der Waals surface area contributed by atoms with Crippen molar-refractivity contribution in [3.8, 4) is 17.1 Å². The number of ether oxygens (including phenoxy) is 2. The highest BCUT2D eigenvalue weighted by molar-refractivity contribution is 5.81. The Morgan fingerprint density at radius 1 is 1.24 bits per heavy atom. The first-order chi connectivity index (χ1) is 16.5. The van der Waals surface area contributed by atoms with Crippen molar-refractivity contribution in [3.63, 3.8) is 0 Å². The minimum atomic E-state index is -0.468. The summed E-state index contributed by atoms with van der Waals surface area (Å²) < 4.78 is 10.9. The molecule has 3 N–H and O–H groups in total. The van der Waals surface area contributed by atoms with E-state index in [2.05, 4.69) is 44.1 Å². The number of amidine groups is 1. The summed E-state index contributed by atoms with van der Waals surface area (Å²) in [5.41, 5.74) is 3.11. The third kappa shape index (κ3) is 7.59. The van der Waals surface area contributed by atoms with Crippen LogP contribution in [-0.2, 0) is 11.3 Å². The molecule has 1 heterocycles. The van der Waals surface area contributed by atoms with E-state index in [1.54, 1.807) is 20.2 Å². The second-order valence-electron chi connectivity index (χ2n) is 8.28. The van der Waals surface area contributed by atoms with E-state index in [0.29, 0.717) is 17.5 Å². The van der Waals surface area contributed by atoms with Gasteiger partial charge in [0.05, 0.1) is 12.8 Å². The first-order valence-corrected chi connectivity index (χ1v) is 11.7. The number of nitrogens with one attached hydrogen (secondary N) is 3. The summed E-state index contributed by atoms with van der Waals surface area (Å²) in [4.78, 5) is 21.2. The maximum absolute atomic E-state index is 12.4. The van der Waals surface area contributed by atoms with Gasteiger partial charge in [-0.05, 0) is 63.3 Å². The Balaban J connectivity index is 1.52. The van der Waals surface area contributed by atoms with Crippen molar-refractivity contribution >= 4 is 11.9 Å². The molecule has 8 heteroatoms. The first-order valence-electron chi connectivity index (χ1n) is 11.7. The van der Waals surface area contributed by atoms with Crippen molar-refractivity contribution in [3.05, 3.63) is 59.9 Å². The zero-order valence-corrected chi connectivity index (χ0v) is 20.4. The fraction of sp³-hybridized carbons (Fsp3) is 0.423. The monoisotopic (exact) mass is 465 g/mol. The van der Waals surface area contributed by atoms with Gasteiger partial charge in [-0.25, -0.2) is 14.8 Å². The molecular formula is C26H35N5O3. The second-order valence-corrected chi connectivity index (χ2v) is 8.28. The number of benzene rings is 1. The van der Waals surface area contributed by atoms with Crippen LogP contribution in [-0.4, -0.2) is 43.2 Å². The second kappa shape index (κ2) is 12.7. The Morgan fingerprint density at radius 3 is 2.82 bits per heavy atom. The van der Waals surface area contributed by atoms with E-state index >= 15 is 0 Å². The summed E-state index contributed by atoms with van der Waals surface area (Å²) in [5, 5.41) is 9.28. The predicted octanol–water partition coefficient (Wildman–Crippen LogP) is 4.38. The van der Waals surface area contributed by atoms with Crippen LogP contribution >= 0.6 is 0 Å². The summed E-state index contributed by atoms with van der Waals surface area (Å²) in [6, 6.07) is 14.4. The molecule has 0 spiro atoms. The third-order valence-electron chi connectivity index (χ3n) is 5.80. The topological polar surface area (TPSA) is 96.9 Å². The van der Waals surface area contributed by atoms with Crippen molar-refractivity contribution < 1.29 is 14.3 Å². The minimum Gasteiger partial charge on any atom is -0.481 e. The van der Waals surface area contributed by atoms with E-state index in [0.717, 1.165) is 43.5 Å². The average Bonchev–Trinajstić information content (AvgIpc) is 2.87. The maximum Gasteiger partial charge on any atom is 0.413 e. The Kier molecular flexibility index (Phi) is 9.46. The maximum atomic E-state index is 12.4. The van der Waals surface area contributed by atoms with Crippen molar-refractivity contribution in [1.29, 1.82) is 0 Å². The zero-order chi connectivity index (χ0) is 24.3. The fourth-order valence-electron chi connectivity index (χ4n) is 3.92. The van der Waals surface area contributed by atoms with Gasteiger partial charge in [-0.2, -0.15) is 0 Å². The van der Waals surface area contributed by atoms with Crippen LogP contribution in [0.5, 0.6) is 5.88 Å². The number of alkyl carbamates (subject to hydrolysis) is 1. The number of hydrogen-bond acceptors (Lipinski definition) is 6. The molecule has 8 nitrogen and oxygen atoms in total. The molecule has 0 bridgehead atoms. The number of pyridine rings is 1. The number of rotatable bonds is 8. The normalized spacial score (nSPS) is 18.8. The Morgan fingerprint density at radius 2 is 2.06 bits per heavy atom. The molecule has 0 aliphatic heterocycles. The molecule has 34 heavy (non-hydrogen) atoms. The predicted molar refractivity (Wildman–Crippen MR) is 135 cm³/mol. The number of aliphatic imine (C=N–C) groups is 1. The van der Waals surface area contributed by atoms with E-state index in [1.807, 2.05) is 38.1 Å². The third-order valence-corrected chi connectivity index (χ3v) is 5.80. The summed E-state index contributed by atoms with van der Waals surface area (Å²) >= 11 is 0. The largest absolute Gasteiger partial charge is 0.481 e. The van der Waals surface area contributed by atoms with Gasteiger partial charge in [-0.3, -0.25) is 5.32 Å². The fourth-order valence-corrected chi connectivity index (χ4v) is 3.92. The molecule has 1 aromatic carbocycles. The molecule has 182 valence electrons. The van der Waals surface area contributed by atoms with Crippen molar-refractivity contribution in [2.45, 2.75) is 58.2 Å². The van der Waals surface area contributed by atoms with Gasteiger partial charge in [0, 0.05) is 31.3 Å². The van der Waals surface area contributed by atoms with Gasteiger partial charge in [-0.1, -0.05) is 24.3 Å². The van der Waals surface area contributed by atoms with Gasteiger partial charge in [0.1, 0.15) is 17.8 Å². The van der Waals surface area contributed by atoms with Gasteiger partial charge in [-0.15, -0.1) is 0 Å². The summed E-state index contributed by atoms with van der Waals surface area (Å²) in [7, 11) is 3.40. The van der Waals surface area contributed by atoms with Crippen LogP contribution in [0, 0.1) is 0 Å². The van der Waals surface area contributed by atoms with Gasteiger partial charge < -0.3 is 20.1 Å². The quantitative estimate of drug-likeness (QED) is 0.395. The van der Waals surface area contributed by atoms with Crippen LogP contribution in [0.3, 0.4) is 0 Å². The SMILES string of the molecule is C/C=C(\N=C(/C)NC)NC(=O)OC1CCCC(NCc2cccc(-c3cccc(OC)n3)c2)C1. The number of carbonyl (C=O) groups excluding carboxylic acids is 1. The molecule has 2 aromatic rings. The Labute approximate surface area is 201 Å².